The minimum atomic E-state index is -3.60. The normalized spacial score (nSPS) is 22.4. The van der Waals surface area contributed by atoms with Gasteiger partial charge in [0, 0.05) is 12.2 Å². The zero-order valence-corrected chi connectivity index (χ0v) is 11.9. The molecule has 0 bridgehead atoms. The van der Waals surface area contributed by atoms with Gasteiger partial charge in [-0.1, -0.05) is 12.1 Å². The summed E-state index contributed by atoms with van der Waals surface area (Å²) in [5.74, 6) is -0.343. The predicted octanol–water partition coefficient (Wildman–Crippen LogP) is -0.125. The van der Waals surface area contributed by atoms with Crippen molar-refractivity contribution in [2.24, 2.45) is 0 Å². The summed E-state index contributed by atoms with van der Waals surface area (Å²) in [4.78, 5) is 0. The van der Waals surface area contributed by atoms with Gasteiger partial charge >= 0.3 is 0 Å². The summed E-state index contributed by atoms with van der Waals surface area (Å²) in [5.41, 5.74) is 6.91. The zero-order valence-electron chi connectivity index (χ0n) is 10.2. The van der Waals surface area contributed by atoms with Crippen LogP contribution in [-0.4, -0.2) is 33.6 Å². The molecule has 1 aromatic carbocycles. The van der Waals surface area contributed by atoms with E-state index in [1.807, 2.05) is 0 Å². The monoisotopic (exact) mass is 304 g/mol. The van der Waals surface area contributed by atoms with E-state index in [0.29, 0.717) is 5.69 Å². The molecule has 8 heteroatoms. The Labute approximate surface area is 113 Å². The van der Waals surface area contributed by atoms with Gasteiger partial charge in [-0.25, -0.2) is 21.6 Å². The van der Waals surface area contributed by atoms with Crippen LogP contribution < -0.4 is 10.5 Å². The van der Waals surface area contributed by atoms with Gasteiger partial charge in [0.05, 0.1) is 16.8 Å². The highest BCUT2D eigenvalue weighted by Crippen LogP contribution is 2.18. The van der Waals surface area contributed by atoms with Gasteiger partial charge in [-0.2, -0.15) is 0 Å². The minimum Gasteiger partial charge on any atom is -0.399 e. The lowest BCUT2D eigenvalue weighted by molar-refractivity contribution is 0.568. The molecule has 1 atom stereocenters. The van der Waals surface area contributed by atoms with E-state index >= 15 is 0 Å². The van der Waals surface area contributed by atoms with Crippen LogP contribution in [0.1, 0.15) is 12.0 Å². The fourth-order valence-corrected chi connectivity index (χ4v) is 6.01. The summed E-state index contributed by atoms with van der Waals surface area (Å²) in [6, 6.07) is 6.82. The molecule has 0 radical (unpaired) electrons. The minimum absolute atomic E-state index is 0.0551. The highest BCUT2D eigenvalue weighted by atomic mass is 32.2. The molecule has 2 rings (SSSR count). The molecular weight excluding hydrogens is 288 g/mol. The van der Waals surface area contributed by atoms with Gasteiger partial charge in [-0.3, -0.25) is 0 Å². The highest BCUT2D eigenvalue weighted by Gasteiger charge is 2.36. The maximum atomic E-state index is 12.0. The molecule has 0 amide bonds. The Hall–Kier alpha value is -1.12. The van der Waals surface area contributed by atoms with Crippen LogP contribution in [0.4, 0.5) is 5.69 Å². The Kier molecular flexibility index (Phi) is 3.84. The van der Waals surface area contributed by atoms with Crippen molar-refractivity contribution >= 4 is 25.5 Å². The lowest BCUT2D eigenvalue weighted by atomic mass is 10.2. The third-order valence-corrected chi connectivity index (χ3v) is 6.89. The van der Waals surface area contributed by atoms with Gasteiger partial charge in [-0.15, -0.1) is 0 Å². The standard InChI is InChI=1S/C11H16N2O4S2/c12-10-3-1-9(2-4-10)7-13-19(16,17)11-5-6-18(14,15)8-11/h1-4,11,13H,5-8,12H2. The Bertz CT molecular complexity index is 650. The van der Waals surface area contributed by atoms with Gasteiger partial charge in [0.1, 0.15) is 0 Å². The first kappa shape index (κ1) is 14.3. The first-order chi connectivity index (χ1) is 8.78. The molecule has 1 aliphatic rings. The van der Waals surface area contributed by atoms with E-state index in [2.05, 4.69) is 4.72 Å². The summed E-state index contributed by atoms with van der Waals surface area (Å²) in [6.07, 6.45) is 0.166. The van der Waals surface area contributed by atoms with Gasteiger partial charge < -0.3 is 5.73 Å². The number of hydrogen-bond donors (Lipinski definition) is 2. The number of rotatable bonds is 4. The highest BCUT2D eigenvalue weighted by molar-refractivity contribution is 7.95. The van der Waals surface area contributed by atoms with Crippen molar-refractivity contribution in [2.45, 2.75) is 18.2 Å². The summed E-state index contributed by atoms with van der Waals surface area (Å²) < 4.78 is 48.9. The van der Waals surface area contributed by atoms with Crippen LogP contribution in [0, 0.1) is 0 Å². The molecule has 3 N–H and O–H groups in total. The lowest BCUT2D eigenvalue weighted by Crippen LogP contribution is -2.34. The Morgan fingerprint density at radius 3 is 2.42 bits per heavy atom. The molecule has 1 unspecified atom stereocenters. The number of nitrogens with two attached hydrogens (primary N) is 1. The Morgan fingerprint density at radius 1 is 1.26 bits per heavy atom. The van der Waals surface area contributed by atoms with Crippen LogP contribution in [0.15, 0.2) is 24.3 Å². The van der Waals surface area contributed by atoms with Crippen LogP contribution in [-0.2, 0) is 26.4 Å². The molecule has 19 heavy (non-hydrogen) atoms. The van der Waals surface area contributed by atoms with Crippen LogP contribution in [0.2, 0.25) is 0 Å². The quantitative estimate of drug-likeness (QED) is 0.754. The summed E-state index contributed by atoms with van der Waals surface area (Å²) >= 11 is 0. The van der Waals surface area contributed by atoms with Gasteiger partial charge in [0.15, 0.2) is 9.84 Å². The predicted molar refractivity (Wildman–Crippen MR) is 73.7 cm³/mol. The molecule has 1 heterocycles. The Balaban J connectivity index is 2.00. The summed E-state index contributed by atoms with van der Waals surface area (Å²) in [7, 11) is -6.80. The average Bonchev–Trinajstić information content (AvgIpc) is 2.70. The molecule has 1 aromatic rings. The van der Waals surface area contributed by atoms with Crippen LogP contribution >= 0.6 is 0 Å². The second kappa shape index (κ2) is 5.10. The van der Waals surface area contributed by atoms with Crippen molar-refractivity contribution in [1.82, 2.24) is 4.72 Å². The average molecular weight is 304 g/mol. The molecule has 0 aliphatic carbocycles. The fourth-order valence-electron chi connectivity index (χ4n) is 1.94. The molecule has 0 spiro atoms. The zero-order chi connectivity index (χ0) is 14.1. The maximum absolute atomic E-state index is 12.0. The molecule has 1 saturated heterocycles. The maximum Gasteiger partial charge on any atom is 0.215 e. The third-order valence-electron chi connectivity index (χ3n) is 3.09. The lowest BCUT2D eigenvalue weighted by Gasteiger charge is -2.11. The molecule has 1 fully saturated rings. The van der Waals surface area contributed by atoms with Gasteiger partial charge in [-0.05, 0) is 24.1 Å². The number of sulfonamides is 1. The Morgan fingerprint density at radius 2 is 1.89 bits per heavy atom. The van der Waals surface area contributed by atoms with E-state index in [1.54, 1.807) is 24.3 Å². The number of nitrogen functional groups attached to an aromatic ring is 1. The van der Waals surface area contributed by atoms with Crippen LogP contribution in [0.5, 0.6) is 0 Å². The van der Waals surface area contributed by atoms with E-state index in [1.165, 1.54) is 0 Å². The second-order valence-corrected chi connectivity index (χ2v) is 8.91. The molecular formula is C11H16N2O4S2. The summed E-state index contributed by atoms with van der Waals surface area (Å²) in [5, 5.41) is -0.841. The number of nitrogens with one attached hydrogen (secondary N) is 1. The molecule has 106 valence electrons. The molecule has 0 saturated carbocycles. The SMILES string of the molecule is Nc1ccc(CNS(=O)(=O)C2CCS(=O)(=O)C2)cc1. The number of hydrogen-bond acceptors (Lipinski definition) is 5. The van der Waals surface area contributed by atoms with Crippen molar-refractivity contribution in [3.63, 3.8) is 0 Å². The molecule has 6 nitrogen and oxygen atoms in total. The fraction of sp³-hybridized carbons (Fsp3) is 0.455. The van der Waals surface area contributed by atoms with E-state index in [9.17, 15) is 16.8 Å². The molecule has 0 aromatic heterocycles. The first-order valence-corrected chi connectivity index (χ1v) is 9.19. The first-order valence-electron chi connectivity index (χ1n) is 5.82. The van der Waals surface area contributed by atoms with Gasteiger partial charge in [0.25, 0.3) is 0 Å². The van der Waals surface area contributed by atoms with Crippen molar-refractivity contribution < 1.29 is 16.8 Å². The van der Waals surface area contributed by atoms with Crippen LogP contribution in [0.3, 0.4) is 0 Å². The van der Waals surface area contributed by atoms with Crippen molar-refractivity contribution in [3.05, 3.63) is 29.8 Å². The smallest absolute Gasteiger partial charge is 0.215 e. The number of anilines is 1. The van der Waals surface area contributed by atoms with Crippen molar-refractivity contribution in [1.29, 1.82) is 0 Å². The second-order valence-electron chi connectivity index (χ2n) is 4.63. The van der Waals surface area contributed by atoms with E-state index in [4.69, 9.17) is 5.73 Å². The number of sulfone groups is 1. The number of benzene rings is 1. The van der Waals surface area contributed by atoms with Crippen molar-refractivity contribution in [2.75, 3.05) is 17.2 Å². The van der Waals surface area contributed by atoms with E-state index in [0.717, 1.165) is 5.56 Å². The van der Waals surface area contributed by atoms with Crippen molar-refractivity contribution in [3.8, 4) is 0 Å². The topological polar surface area (TPSA) is 106 Å². The van der Waals surface area contributed by atoms with Gasteiger partial charge in [0.2, 0.25) is 10.0 Å². The summed E-state index contributed by atoms with van der Waals surface area (Å²) in [6.45, 7) is 0.138. The van der Waals surface area contributed by atoms with E-state index in [-0.39, 0.29) is 24.5 Å². The largest absolute Gasteiger partial charge is 0.399 e. The van der Waals surface area contributed by atoms with Crippen LogP contribution in [0.25, 0.3) is 0 Å². The third kappa shape index (κ3) is 3.68. The molecule has 1 aliphatic heterocycles. The van der Waals surface area contributed by atoms with E-state index < -0.39 is 25.1 Å².